The molecule has 0 amide bonds. The Bertz CT molecular complexity index is 741. The number of carbonyl (C=O) groups excluding carboxylic acids is 1. The Morgan fingerprint density at radius 1 is 1.12 bits per heavy atom. The molecule has 0 atom stereocenters. The molecular formula is C22H28O4. The van der Waals surface area contributed by atoms with Gasteiger partial charge in [-0.3, -0.25) is 4.79 Å². The second-order valence-electron chi connectivity index (χ2n) is 7.27. The third kappa shape index (κ3) is 4.57. The molecule has 4 nitrogen and oxygen atoms in total. The van der Waals surface area contributed by atoms with Crippen molar-refractivity contribution in [3.05, 3.63) is 47.1 Å². The monoisotopic (exact) mass is 356 g/mol. The molecule has 0 spiro atoms. The molecule has 1 aliphatic rings. The number of ether oxygens (including phenoxy) is 2. The number of methoxy groups -OCH3 is 2. The zero-order valence-electron chi connectivity index (χ0n) is 16.3. The van der Waals surface area contributed by atoms with E-state index in [1.165, 1.54) is 37.9 Å². The highest BCUT2D eigenvalue weighted by molar-refractivity contribution is 6.02. The second kappa shape index (κ2) is 8.26. The van der Waals surface area contributed by atoms with Gasteiger partial charge in [0.1, 0.15) is 0 Å². The summed E-state index contributed by atoms with van der Waals surface area (Å²) < 4.78 is 10.3. The van der Waals surface area contributed by atoms with E-state index in [1.807, 2.05) is 6.08 Å². The Hall–Kier alpha value is -2.49. The molecule has 4 heteroatoms. The van der Waals surface area contributed by atoms with Crippen molar-refractivity contribution in [2.24, 2.45) is 5.41 Å². The van der Waals surface area contributed by atoms with Gasteiger partial charge in [-0.05, 0) is 67.0 Å². The first kappa shape index (κ1) is 19.8. The number of hydrogen-bond acceptors (Lipinski definition) is 4. The minimum absolute atomic E-state index is 0.0553. The van der Waals surface area contributed by atoms with Crippen LogP contribution in [-0.2, 0) is 4.79 Å². The Morgan fingerprint density at radius 3 is 2.23 bits per heavy atom. The lowest BCUT2D eigenvalue weighted by molar-refractivity contribution is -0.110. The summed E-state index contributed by atoms with van der Waals surface area (Å²) in [7, 11) is 2.94. The van der Waals surface area contributed by atoms with Crippen molar-refractivity contribution < 1.29 is 19.4 Å². The first-order valence-electron chi connectivity index (χ1n) is 8.84. The molecule has 1 N–H and O–H groups in total. The predicted molar refractivity (Wildman–Crippen MR) is 105 cm³/mol. The number of phenols is 1. The third-order valence-electron chi connectivity index (χ3n) is 4.90. The van der Waals surface area contributed by atoms with Crippen LogP contribution in [-0.4, -0.2) is 25.1 Å². The summed E-state index contributed by atoms with van der Waals surface area (Å²) in [5.41, 5.74) is 3.45. The van der Waals surface area contributed by atoms with Crippen LogP contribution in [0.2, 0.25) is 0 Å². The zero-order valence-corrected chi connectivity index (χ0v) is 16.3. The molecule has 140 valence electrons. The van der Waals surface area contributed by atoms with Gasteiger partial charge in [0.05, 0.1) is 14.2 Å². The average molecular weight is 356 g/mol. The van der Waals surface area contributed by atoms with Crippen LogP contribution in [0.1, 0.15) is 45.6 Å². The smallest absolute Gasteiger partial charge is 0.200 e. The van der Waals surface area contributed by atoms with Crippen molar-refractivity contribution in [2.45, 2.75) is 40.0 Å². The quantitative estimate of drug-likeness (QED) is 0.723. The van der Waals surface area contributed by atoms with Gasteiger partial charge in [0, 0.05) is 0 Å². The number of allylic oxidation sites excluding steroid dienone is 5. The maximum absolute atomic E-state index is 12.2. The summed E-state index contributed by atoms with van der Waals surface area (Å²) in [5.74, 6) is 0.464. The number of rotatable bonds is 6. The summed E-state index contributed by atoms with van der Waals surface area (Å²) >= 11 is 0. The highest BCUT2D eigenvalue weighted by Crippen LogP contribution is 2.40. The number of benzene rings is 1. The fraction of sp³-hybridized carbons (Fsp3) is 0.409. The summed E-state index contributed by atoms with van der Waals surface area (Å²) in [4.78, 5) is 12.2. The van der Waals surface area contributed by atoms with Crippen LogP contribution < -0.4 is 9.47 Å². The number of ketones is 1. The molecule has 0 unspecified atom stereocenters. The molecule has 0 saturated carbocycles. The first-order valence-corrected chi connectivity index (χ1v) is 8.84. The van der Waals surface area contributed by atoms with Gasteiger partial charge in [-0.25, -0.2) is 0 Å². The molecule has 1 aliphatic carbocycles. The summed E-state index contributed by atoms with van der Waals surface area (Å²) in [6.07, 6.45) is 10.2. The Labute approximate surface area is 155 Å². The van der Waals surface area contributed by atoms with Crippen molar-refractivity contribution in [2.75, 3.05) is 14.2 Å². The maximum atomic E-state index is 12.2. The number of phenolic OH excluding ortho intramolecular Hbond substituents is 1. The molecule has 2 rings (SSSR count). The van der Waals surface area contributed by atoms with Gasteiger partial charge in [-0.1, -0.05) is 31.6 Å². The predicted octanol–water partition coefficient (Wildman–Crippen LogP) is 5.07. The van der Waals surface area contributed by atoms with Gasteiger partial charge in [-0.2, -0.15) is 0 Å². The van der Waals surface area contributed by atoms with E-state index >= 15 is 0 Å². The molecule has 1 aromatic rings. The Morgan fingerprint density at radius 2 is 1.69 bits per heavy atom. The molecule has 0 fully saturated rings. The van der Waals surface area contributed by atoms with Crippen molar-refractivity contribution in [1.29, 1.82) is 0 Å². The van der Waals surface area contributed by atoms with Crippen molar-refractivity contribution in [3.63, 3.8) is 0 Å². The molecule has 26 heavy (non-hydrogen) atoms. The lowest BCUT2D eigenvalue weighted by atomic mass is 9.72. The van der Waals surface area contributed by atoms with Gasteiger partial charge in [-0.15, -0.1) is 0 Å². The van der Waals surface area contributed by atoms with Gasteiger partial charge in [0.15, 0.2) is 17.3 Å². The molecular weight excluding hydrogens is 328 g/mol. The molecule has 1 aromatic carbocycles. The summed E-state index contributed by atoms with van der Waals surface area (Å²) in [5, 5.41) is 9.94. The SMILES string of the molecule is COc1cc(C=CC(=O)C=CC2=C(C)CCCC2(C)C)cc(OC)c1O. The van der Waals surface area contributed by atoms with E-state index < -0.39 is 0 Å². The zero-order chi connectivity index (χ0) is 19.3. The van der Waals surface area contributed by atoms with E-state index in [9.17, 15) is 9.90 Å². The number of hydrogen-bond donors (Lipinski definition) is 1. The van der Waals surface area contributed by atoms with Crippen LogP contribution in [0.5, 0.6) is 17.2 Å². The fourth-order valence-corrected chi connectivity index (χ4v) is 3.42. The molecule has 0 aromatic heterocycles. The van der Waals surface area contributed by atoms with Gasteiger partial charge in [0.25, 0.3) is 0 Å². The maximum Gasteiger partial charge on any atom is 0.200 e. The lowest BCUT2D eigenvalue weighted by Gasteiger charge is -2.32. The topological polar surface area (TPSA) is 55.8 Å². The standard InChI is InChI=1S/C22H28O4/c1-15-7-6-12-22(2,3)18(15)11-10-17(23)9-8-16-13-19(25-4)21(24)20(14-16)26-5/h8-11,13-14,24H,6-7,12H2,1-5H3. The van der Waals surface area contributed by atoms with Crippen LogP contribution in [0.3, 0.4) is 0 Å². The van der Waals surface area contributed by atoms with E-state index in [0.717, 1.165) is 12.8 Å². The highest BCUT2D eigenvalue weighted by atomic mass is 16.5. The molecule has 0 heterocycles. The molecule has 0 bridgehead atoms. The van der Waals surface area contributed by atoms with Crippen LogP contribution in [0.4, 0.5) is 0 Å². The lowest BCUT2D eigenvalue weighted by Crippen LogP contribution is -2.19. The van der Waals surface area contributed by atoms with Crippen LogP contribution >= 0.6 is 0 Å². The molecule has 0 saturated heterocycles. The van der Waals surface area contributed by atoms with E-state index in [0.29, 0.717) is 17.1 Å². The Balaban J connectivity index is 2.17. The molecule has 0 aliphatic heterocycles. The van der Waals surface area contributed by atoms with E-state index in [1.54, 1.807) is 24.3 Å². The minimum Gasteiger partial charge on any atom is -0.502 e. The van der Waals surface area contributed by atoms with Gasteiger partial charge >= 0.3 is 0 Å². The van der Waals surface area contributed by atoms with E-state index in [4.69, 9.17) is 9.47 Å². The largest absolute Gasteiger partial charge is 0.502 e. The molecule has 0 radical (unpaired) electrons. The minimum atomic E-state index is -0.0855. The summed E-state index contributed by atoms with van der Waals surface area (Å²) in [6, 6.07) is 3.31. The number of carbonyl (C=O) groups is 1. The van der Waals surface area contributed by atoms with Gasteiger partial charge < -0.3 is 14.6 Å². The van der Waals surface area contributed by atoms with Crippen LogP contribution in [0.15, 0.2) is 41.5 Å². The van der Waals surface area contributed by atoms with Gasteiger partial charge in [0.2, 0.25) is 5.75 Å². The van der Waals surface area contributed by atoms with E-state index in [2.05, 4.69) is 20.8 Å². The van der Waals surface area contributed by atoms with Crippen molar-refractivity contribution in [1.82, 2.24) is 0 Å². The Kier molecular flexibility index (Phi) is 6.30. The first-order chi connectivity index (χ1) is 12.3. The average Bonchev–Trinajstić information content (AvgIpc) is 2.59. The van der Waals surface area contributed by atoms with Crippen molar-refractivity contribution >= 4 is 11.9 Å². The normalized spacial score (nSPS) is 17.1. The van der Waals surface area contributed by atoms with E-state index in [-0.39, 0.29) is 16.9 Å². The fourth-order valence-electron chi connectivity index (χ4n) is 3.42. The number of aromatic hydroxyl groups is 1. The summed E-state index contributed by atoms with van der Waals surface area (Å²) in [6.45, 7) is 6.60. The third-order valence-corrected chi connectivity index (χ3v) is 4.90. The van der Waals surface area contributed by atoms with Crippen LogP contribution in [0.25, 0.3) is 6.08 Å². The van der Waals surface area contributed by atoms with Crippen LogP contribution in [0, 0.1) is 5.41 Å². The highest BCUT2D eigenvalue weighted by Gasteiger charge is 2.26. The van der Waals surface area contributed by atoms with Crippen molar-refractivity contribution in [3.8, 4) is 17.2 Å². The second-order valence-corrected chi connectivity index (χ2v) is 7.27.